The molecule has 0 saturated heterocycles. The van der Waals surface area contributed by atoms with E-state index in [-0.39, 0.29) is 0 Å². The Morgan fingerprint density at radius 3 is 1.88 bits per heavy atom. The summed E-state index contributed by atoms with van der Waals surface area (Å²) in [5, 5.41) is 0. The third-order valence-corrected chi connectivity index (χ3v) is 3.68. The Morgan fingerprint density at radius 1 is 0.720 bits per heavy atom. The van der Waals surface area contributed by atoms with E-state index in [0.717, 1.165) is 16.9 Å². The van der Waals surface area contributed by atoms with Crippen LogP contribution in [0.4, 0.5) is 4.79 Å². The van der Waals surface area contributed by atoms with Gasteiger partial charge in [-0.3, -0.25) is 0 Å². The smallest absolute Gasteiger partial charge is 0.497 e. The molecule has 4 nitrogen and oxygen atoms in total. The van der Waals surface area contributed by atoms with Crippen molar-refractivity contribution in [3.8, 4) is 11.5 Å². The van der Waals surface area contributed by atoms with E-state index in [1.54, 1.807) is 31.4 Å². The summed E-state index contributed by atoms with van der Waals surface area (Å²) in [7, 11) is 1.61. The van der Waals surface area contributed by atoms with Crippen LogP contribution >= 0.6 is 0 Å². The van der Waals surface area contributed by atoms with Crippen molar-refractivity contribution in [3.05, 3.63) is 96.1 Å². The van der Waals surface area contributed by atoms with Crippen molar-refractivity contribution in [2.75, 3.05) is 7.11 Å². The number of benzene rings is 3. The van der Waals surface area contributed by atoms with Gasteiger partial charge in [-0.05, 0) is 35.4 Å². The molecular weight excluding hydrogens is 316 g/mol. The van der Waals surface area contributed by atoms with Gasteiger partial charge >= 0.3 is 6.16 Å². The van der Waals surface area contributed by atoms with Crippen molar-refractivity contribution in [3.63, 3.8) is 0 Å². The summed E-state index contributed by atoms with van der Waals surface area (Å²) in [5.41, 5.74) is 1.69. The molecule has 0 heterocycles. The standard InChI is InChI=1S/C21H18O4/c1-23-18-14-12-17(13-15-18)20(16-8-4-2-5-9-16)25-21(22)24-19-10-6-3-7-11-19/h2-15,20H,1H3/t20-/m1/s1. The van der Waals surface area contributed by atoms with Gasteiger partial charge in [0.15, 0.2) is 6.10 Å². The van der Waals surface area contributed by atoms with Crippen LogP contribution in [0.2, 0.25) is 0 Å². The van der Waals surface area contributed by atoms with Gasteiger partial charge in [0.05, 0.1) is 7.11 Å². The van der Waals surface area contributed by atoms with Crippen molar-refractivity contribution >= 4 is 6.16 Å². The molecular formula is C21H18O4. The lowest BCUT2D eigenvalue weighted by Crippen LogP contribution is -2.16. The van der Waals surface area contributed by atoms with Crippen molar-refractivity contribution < 1.29 is 19.0 Å². The van der Waals surface area contributed by atoms with E-state index in [0.29, 0.717) is 5.75 Å². The number of carbonyl (C=O) groups excluding carboxylic acids is 1. The summed E-state index contributed by atoms with van der Waals surface area (Å²) < 4.78 is 16.0. The highest BCUT2D eigenvalue weighted by Gasteiger charge is 2.20. The maximum Gasteiger partial charge on any atom is 0.514 e. The van der Waals surface area contributed by atoms with Crippen LogP contribution in [0.5, 0.6) is 11.5 Å². The van der Waals surface area contributed by atoms with E-state index in [2.05, 4.69) is 0 Å². The second kappa shape index (κ2) is 8.02. The predicted octanol–water partition coefficient (Wildman–Crippen LogP) is 5.00. The molecule has 3 rings (SSSR count). The SMILES string of the molecule is COc1ccc([C@H](OC(=O)Oc2ccccc2)c2ccccc2)cc1. The lowest BCUT2D eigenvalue weighted by Gasteiger charge is -2.18. The van der Waals surface area contributed by atoms with Gasteiger partial charge in [0.25, 0.3) is 0 Å². The molecule has 1 atom stereocenters. The molecule has 0 saturated carbocycles. The molecule has 0 fully saturated rings. The average molecular weight is 334 g/mol. The summed E-state index contributed by atoms with van der Waals surface area (Å²) >= 11 is 0. The molecule has 0 bridgehead atoms. The number of para-hydroxylation sites is 1. The van der Waals surface area contributed by atoms with Gasteiger partial charge in [0.2, 0.25) is 0 Å². The van der Waals surface area contributed by atoms with Crippen LogP contribution in [0.3, 0.4) is 0 Å². The molecule has 3 aromatic rings. The number of rotatable bonds is 5. The van der Waals surface area contributed by atoms with Crippen LogP contribution in [0.25, 0.3) is 0 Å². The molecule has 0 aliphatic carbocycles. The van der Waals surface area contributed by atoms with E-state index < -0.39 is 12.3 Å². The number of ether oxygens (including phenoxy) is 3. The summed E-state index contributed by atoms with van der Waals surface area (Å²) in [6, 6.07) is 25.8. The number of hydrogen-bond donors (Lipinski definition) is 0. The van der Waals surface area contributed by atoms with Crippen LogP contribution in [0, 0.1) is 0 Å². The molecule has 0 spiro atoms. The van der Waals surface area contributed by atoms with Gasteiger partial charge in [0, 0.05) is 0 Å². The number of carbonyl (C=O) groups is 1. The zero-order chi connectivity index (χ0) is 17.5. The molecule has 0 aromatic heterocycles. The summed E-state index contributed by atoms with van der Waals surface area (Å²) in [4.78, 5) is 12.2. The van der Waals surface area contributed by atoms with Gasteiger partial charge in [-0.15, -0.1) is 0 Å². The predicted molar refractivity (Wildman–Crippen MR) is 94.8 cm³/mol. The third-order valence-electron chi connectivity index (χ3n) is 3.68. The Bertz CT molecular complexity index is 798. The van der Waals surface area contributed by atoms with Crippen LogP contribution in [-0.4, -0.2) is 13.3 Å². The van der Waals surface area contributed by atoms with E-state index in [4.69, 9.17) is 14.2 Å². The molecule has 0 N–H and O–H groups in total. The summed E-state index contributed by atoms with van der Waals surface area (Å²) in [6.07, 6.45) is -1.32. The van der Waals surface area contributed by atoms with Gasteiger partial charge in [-0.1, -0.05) is 60.7 Å². The Hall–Kier alpha value is -3.27. The van der Waals surface area contributed by atoms with Crippen molar-refractivity contribution in [1.29, 1.82) is 0 Å². The topological polar surface area (TPSA) is 44.8 Å². The highest BCUT2D eigenvalue weighted by molar-refractivity contribution is 5.64. The maximum atomic E-state index is 12.2. The normalized spacial score (nSPS) is 11.4. The summed E-state index contributed by atoms with van der Waals surface area (Å²) in [6.45, 7) is 0. The molecule has 0 aliphatic heterocycles. The van der Waals surface area contributed by atoms with Gasteiger partial charge in [-0.25, -0.2) is 4.79 Å². The van der Waals surface area contributed by atoms with Gasteiger partial charge in [-0.2, -0.15) is 0 Å². The first-order chi connectivity index (χ1) is 12.3. The van der Waals surface area contributed by atoms with Crippen LogP contribution in [0.15, 0.2) is 84.9 Å². The fourth-order valence-corrected chi connectivity index (χ4v) is 2.44. The lowest BCUT2D eigenvalue weighted by molar-refractivity contribution is 0.0733. The first-order valence-corrected chi connectivity index (χ1v) is 7.88. The van der Waals surface area contributed by atoms with Crippen LogP contribution in [0.1, 0.15) is 17.2 Å². The van der Waals surface area contributed by atoms with Crippen molar-refractivity contribution in [1.82, 2.24) is 0 Å². The zero-order valence-electron chi connectivity index (χ0n) is 13.8. The fourth-order valence-electron chi connectivity index (χ4n) is 2.44. The fraction of sp³-hybridized carbons (Fsp3) is 0.0952. The van der Waals surface area contributed by atoms with E-state index in [9.17, 15) is 4.79 Å². The second-order valence-electron chi connectivity index (χ2n) is 5.35. The van der Waals surface area contributed by atoms with Crippen LogP contribution < -0.4 is 9.47 Å². The molecule has 0 unspecified atom stereocenters. The zero-order valence-corrected chi connectivity index (χ0v) is 13.8. The molecule has 0 aliphatic rings. The van der Waals surface area contributed by atoms with Crippen LogP contribution in [-0.2, 0) is 4.74 Å². The van der Waals surface area contributed by atoms with E-state index in [1.807, 2.05) is 60.7 Å². The van der Waals surface area contributed by atoms with E-state index in [1.165, 1.54) is 0 Å². The highest BCUT2D eigenvalue weighted by Crippen LogP contribution is 2.28. The largest absolute Gasteiger partial charge is 0.514 e. The number of methoxy groups -OCH3 is 1. The van der Waals surface area contributed by atoms with Crippen molar-refractivity contribution in [2.45, 2.75) is 6.10 Å². The minimum Gasteiger partial charge on any atom is -0.497 e. The molecule has 126 valence electrons. The highest BCUT2D eigenvalue weighted by atomic mass is 16.7. The quantitative estimate of drug-likeness (QED) is 0.486. The minimum absolute atomic E-state index is 0.439. The Labute approximate surface area is 146 Å². The Kier molecular flexibility index (Phi) is 5.32. The Balaban J connectivity index is 1.82. The lowest BCUT2D eigenvalue weighted by atomic mass is 10.0. The first kappa shape index (κ1) is 16.6. The van der Waals surface area contributed by atoms with Gasteiger partial charge < -0.3 is 14.2 Å². The molecule has 25 heavy (non-hydrogen) atoms. The number of hydrogen-bond acceptors (Lipinski definition) is 4. The minimum atomic E-state index is -0.754. The molecule has 3 aromatic carbocycles. The molecule has 4 heteroatoms. The third kappa shape index (κ3) is 4.38. The van der Waals surface area contributed by atoms with E-state index >= 15 is 0 Å². The monoisotopic (exact) mass is 334 g/mol. The summed E-state index contributed by atoms with van der Waals surface area (Å²) in [5.74, 6) is 1.18. The second-order valence-corrected chi connectivity index (χ2v) is 5.35. The van der Waals surface area contributed by atoms with Gasteiger partial charge in [0.1, 0.15) is 11.5 Å². The Morgan fingerprint density at radius 2 is 1.28 bits per heavy atom. The molecule has 0 radical (unpaired) electrons. The maximum absolute atomic E-state index is 12.2. The van der Waals surface area contributed by atoms with Crippen molar-refractivity contribution in [2.24, 2.45) is 0 Å². The average Bonchev–Trinajstić information content (AvgIpc) is 2.68. The molecule has 0 amide bonds. The first-order valence-electron chi connectivity index (χ1n) is 7.88.